The zero-order valence-electron chi connectivity index (χ0n) is 17.7. The molecule has 1 aromatic rings. The molecule has 0 aliphatic rings. The number of hydrogen-bond acceptors (Lipinski definition) is 0. The van der Waals surface area contributed by atoms with Crippen LogP contribution in [0.2, 0.25) is 0 Å². The van der Waals surface area contributed by atoms with Gasteiger partial charge in [-0.25, -0.2) is 9.13 Å². The highest BCUT2D eigenvalue weighted by atomic mass is 15.2. The minimum atomic E-state index is 0.574. The van der Waals surface area contributed by atoms with Gasteiger partial charge in [-0.3, -0.25) is 0 Å². The molecule has 25 heavy (non-hydrogen) atoms. The molecule has 1 rings (SSSR count). The largest absolute Gasteiger partial charge is 0.256 e. The van der Waals surface area contributed by atoms with E-state index >= 15 is 0 Å². The topological polar surface area (TPSA) is 8.81 Å². The van der Waals surface area contributed by atoms with Gasteiger partial charge in [-0.2, -0.15) is 0 Å². The zero-order chi connectivity index (χ0) is 18.3. The van der Waals surface area contributed by atoms with Crippen molar-refractivity contribution in [3.63, 3.8) is 0 Å². The fourth-order valence-electron chi connectivity index (χ4n) is 3.72. The van der Waals surface area contributed by atoms with Crippen molar-refractivity contribution in [3.8, 4) is 0 Å². The molecule has 0 unspecified atom stereocenters. The fraction of sp³-hybridized carbons (Fsp3) is 0.870. The van der Waals surface area contributed by atoms with Gasteiger partial charge in [0.1, 0.15) is 12.4 Å². The lowest BCUT2D eigenvalue weighted by atomic mass is 10.1. The van der Waals surface area contributed by atoms with Crippen LogP contribution < -0.4 is 4.57 Å². The van der Waals surface area contributed by atoms with Gasteiger partial charge in [-0.05, 0) is 33.1 Å². The Bertz CT molecular complexity index is 420. The number of aryl methyl sites for hydroxylation is 1. The monoisotopic (exact) mass is 349 g/mol. The lowest BCUT2D eigenvalue weighted by Gasteiger charge is -2.08. The van der Waals surface area contributed by atoms with E-state index in [0.717, 1.165) is 0 Å². The van der Waals surface area contributed by atoms with Gasteiger partial charge in [0, 0.05) is 6.42 Å². The van der Waals surface area contributed by atoms with Crippen LogP contribution in [-0.2, 0) is 13.0 Å². The van der Waals surface area contributed by atoms with Gasteiger partial charge >= 0.3 is 0 Å². The zero-order valence-corrected chi connectivity index (χ0v) is 17.7. The lowest BCUT2D eigenvalue weighted by Crippen LogP contribution is -2.37. The summed E-state index contributed by atoms with van der Waals surface area (Å²) in [6, 6.07) is 0.574. The van der Waals surface area contributed by atoms with E-state index in [1.54, 1.807) is 5.82 Å². The van der Waals surface area contributed by atoms with Crippen LogP contribution in [0.1, 0.15) is 123 Å². The maximum absolute atomic E-state index is 2.53. The molecule has 0 bridgehead atoms. The molecule has 0 N–H and O–H groups in total. The van der Waals surface area contributed by atoms with Crippen molar-refractivity contribution in [2.75, 3.05) is 0 Å². The average molecular weight is 350 g/mol. The maximum Gasteiger partial charge on any atom is 0.256 e. The molecule has 0 saturated carbocycles. The van der Waals surface area contributed by atoms with Gasteiger partial charge in [0.15, 0.2) is 0 Å². The predicted octanol–water partition coefficient (Wildman–Crippen LogP) is 7.01. The van der Waals surface area contributed by atoms with E-state index in [0.29, 0.717) is 6.04 Å². The van der Waals surface area contributed by atoms with Gasteiger partial charge in [-0.1, -0.05) is 78.1 Å². The Hall–Kier alpha value is -0.790. The van der Waals surface area contributed by atoms with Gasteiger partial charge < -0.3 is 0 Å². The minimum Gasteiger partial charge on any atom is -0.234 e. The molecule has 2 heteroatoms. The number of nitrogens with zero attached hydrogens (tertiary/aromatic N) is 2. The van der Waals surface area contributed by atoms with Gasteiger partial charge in [0.25, 0.3) is 5.82 Å². The molecular weight excluding hydrogens is 304 g/mol. The number of imidazole rings is 1. The average Bonchev–Trinajstić information content (AvgIpc) is 3.00. The molecule has 1 aromatic heterocycles. The van der Waals surface area contributed by atoms with Gasteiger partial charge in [0.05, 0.1) is 12.6 Å². The lowest BCUT2D eigenvalue weighted by molar-refractivity contribution is -0.704. The molecule has 146 valence electrons. The third-order valence-corrected chi connectivity index (χ3v) is 5.35. The van der Waals surface area contributed by atoms with E-state index in [1.807, 2.05) is 0 Å². The Balaban J connectivity index is 2.31. The SMILES string of the molecule is CCCCCCCCCCCc1n(C(C)C)cc[n+]1CCCCCC. The first kappa shape index (κ1) is 22.3. The van der Waals surface area contributed by atoms with Crippen LogP contribution in [-0.4, -0.2) is 4.57 Å². The molecule has 0 atom stereocenters. The standard InChI is InChI=1S/C23H45N2/c1-5-7-9-11-12-13-14-15-16-18-23-24(19-17-10-8-6-2)20-21-25(23)22(3)4/h20-22H,5-19H2,1-4H3/q+1. The minimum absolute atomic E-state index is 0.574. The van der Waals surface area contributed by atoms with E-state index in [2.05, 4.69) is 49.2 Å². The summed E-state index contributed by atoms with van der Waals surface area (Å²) >= 11 is 0. The molecule has 0 saturated heterocycles. The Labute approximate surface area is 158 Å². The molecule has 1 heterocycles. The summed E-state index contributed by atoms with van der Waals surface area (Å²) in [6.45, 7) is 10.4. The Morgan fingerprint density at radius 3 is 1.84 bits per heavy atom. The van der Waals surface area contributed by atoms with Crippen molar-refractivity contribution in [1.29, 1.82) is 0 Å². The number of hydrogen-bond donors (Lipinski definition) is 0. The summed E-state index contributed by atoms with van der Waals surface area (Å²) in [4.78, 5) is 0. The van der Waals surface area contributed by atoms with Crippen molar-refractivity contribution in [1.82, 2.24) is 4.57 Å². The molecule has 0 fully saturated rings. The van der Waals surface area contributed by atoms with E-state index in [4.69, 9.17) is 0 Å². The summed E-state index contributed by atoms with van der Waals surface area (Å²) in [6.07, 6.45) is 24.0. The second-order valence-corrected chi connectivity index (χ2v) is 8.05. The van der Waals surface area contributed by atoms with Crippen molar-refractivity contribution in [2.45, 2.75) is 130 Å². The molecular formula is C23H45N2+. The van der Waals surface area contributed by atoms with Crippen LogP contribution >= 0.6 is 0 Å². The van der Waals surface area contributed by atoms with E-state index in [9.17, 15) is 0 Å². The third kappa shape index (κ3) is 9.47. The van der Waals surface area contributed by atoms with Crippen LogP contribution in [0.25, 0.3) is 0 Å². The van der Waals surface area contributed by atoms with Crippen LogP contribution in [0.15, 0.2) is 12.4 Å². The summed E-state index contributed by atoms with van der Waals surface area (Å²) in [5, 5.41) is 0. The number of rotatable bonds is 16. The number of unbranched alkanes of at least 4 members (excludes halogenated alkanes) is 11. The van der Waals surface area contributed by atoms with Crippen LogP contribution in [0.3, 0.4) is 0 Å². The summed E-state index contributed by atoms with van der Waals surface area (Å²) in [5.74, 6) is 1.55. The molecule has 2 nitrogen and oxygen atoms in total. The molecule has 0 radical (unpaired) electrons. The van der Waals surface area contributed by atoms with Crippen LogP contribution in [0, 0.1) is 0 Å². The molecule has 0 amide bonds. The predicted molar refractivity (Wildman–Crippen MR) is 110 cm³/mol. The molecule has 0 aromatic carbocycles. The highest BCUT2D eigenvalue weighted by Crippen LogP contribution is 2.13. The first-order chi connectivity index (χ1) is 12.2. The Kier molecular flexibility index (Phi) is 12.8. The quantitative estimate of drug-likeness (QED) is 0.224. The normalized spacial score (nSPS) is 11.6. The first-order valence-corrected chi connectivity index (χ1v) is 11.3. The van der Waals surface area contributed by atoms with E-state index in [1.165, 1.54) is 96.4 Å². The van der Waals surface area contributed by atoms with Gasteiger partial charge in [0.2, 0.25) is 0 Å². The fourth-order valence-corrected chi connectivity index (χ4v) is 3.72. The summed E-state index contributed by atoms with van der Waals surface area (Å²) in [7, 11) is 0. The van der Waals surface area contributed by atoms with Crippen molar-refractivity contribution in [2.24, 2.45) is 0 Å². The van der Waals surface area contributed by atoms with E-state index in [-0.39, 0.29) is 0 Å². The highest BCUT2D eigenvalue weighted by Gasteiger charge is 2.18. The molecule has 0 aliphatic heterocycles. The van der Waals surface area contributed by atoms with Crippen molar-refractivity contribution < 1.29 is 4.57 Å². The second-order valence-electron chi connectivity index (χ2n) is 8.05. The van der Waals surface area contributed by atoms with E-state index < -0.39 is 0 Å². The first-order valence-electron chi connectivity index (χ1n) is 11.3. The van der Waals surface area contributed by atoms with Gasteiger partial charge in [-0.15, -0.1) is 0 Å². The Morgan fingerprint density at radius 2 is 1.28 bits per heavy atom. The molecule has 0 aliphatic carbocycles. The maximum atomic E-state index is 2.53. The molecule has 0 spiro atoms. The third-order valence-electron chi connectivity index (χ3n) is 5.35. The van der Waals surface area contributed by atoms with Crippen LogP contribution in [0.5, 0.6) is 0 Å². The van der Waals surface area contributed by atoms with Crippen molar-refractivity contribution in [3.05, 3.63) is 18.2 Å². The number of aromatic nitrogens is 2. The smallest absolute Gasteiger partial charge is 0.234 e. The van der Waals surface area contributed by atoms with Crippen LogP contribution in [0.4, 0.5) is 0 Å². The summed E-state index contributed by atoms with van der Waals surface area (Å²) in [5.41, 5.74) is 0. The highest BCUT2D eigenvalue weighted by molar-refractivity contribution is 4.86. The van der Waals surface area contributed by atoms with Crippen molar-refractivity contribution >= 4 is 0 Å². The summed E-state index contributed by atoms with van der Waals surface area (Å²) < 4.78 is 5.02. The second kappa shape index (κ2) is 14.4. The Morgan fingerprint density at radius 1 is 0.760 bits per heavy atom.